The third-order valence-electron chi connectivity index (χ3n) is 6.45. The van der Waals surface area contributed by atoms with E-state index in [0.717, 1.165) is 18.4 Å². The van der Waals surface area contributed by atoms with Crippen LogP contribution in [0.3, 0.4) is 0 Å². The van der Waals surface area contributed by atoms with E-state index in [0.29, 0.717) is 39.2 Å². The number of carbonyl (C=O) groups is 1. The summed E-state index contributed by atoms with van der Waals surface area (Å²) < 4.78 is 34.4. The maximum absolute atomic E-state index is 13.6. The zero-order valence-corrected chi connectivity index (χ0v) is 21.1. The normalized spacial score (nSPS) is 14.0. The lowest BCUT2D eigenvalue weighted by atomic mass is 9.82. The Hall–Kier alpha value is -3.54. The minimum absolute atomic E-state index is 0.212. The smallest absolute Gasteiger partial charge is 0.455 e. The van der Waals surface area contributed by atoms with Crippen LogP contribution in [0.5, 0.6) is 0 Å². The third kappa shape index (κ3) is 5.02. The van der Waals surface area contributed by atoms with Gasteiger partial charge in [0.05, 0.1) is 23.5 Å². The van der Waals surface area contributed by atoms with Crippen LogP contribution in [-0.4, -0.2) is 45.6 Å². The maximum atomic E-state index is 13.6. The van der Waals surface area contributed by atoms with E-state index in [4.69, 9.17) is 4.42 Å². The molecule has 190 valence electrons. The van der Waals surface area contributed by atoms with Crippen LogP contribution in [0.2, 0.25) is 0 Å². The maximum Gasteiger partial charge on any atom is 0.490 e. The highest BCUT2D eigenvalue weighted by atomic mass is 32.2. The quantitative estimate of drug-likeness (QED) is 0.307. The van der Waals surface area contributed by atoms with Gasteiger partial charge in [-0.2, -0.15) is 0 Å². The molecule has 1 aliphatic rings. The molecule has 0 radical (unpaired) electrons. The molecule has 1 saturated carbocycles. The molecule has 0 bridgehead atoms. The number of halogens is 1. The first-order valence-electron chi connectivity index (χ1n) is 11.8. The Balaban J connectivity index is 1.64. The van der Waals surface area contributed by atoms with Crippen LogP contribution >= 0.6 is 0 Å². The van der Waals surface area contributed by atoms with Gasteiger partial charge in [0, 0.05) is 42.0 Å². The summed E-state index contributed by atoms with van der Waals surface area (Å²) in [5.74, 6) is -0.126. The molecule has 2 heterocycles. The second-order valence-corrected chi connectivity index (χ2v) is 10.3. The second kappa shape index (κ2) is 10.1. The zero-order chi connectivity index (χ0) is 26.3. The molecule has 1 unspecified atom stereocenters. The number of aromatic nitrogens is 1. The minimum atomic E-state index is -1.62. The molecule has 3 N–H and O–H groups in total. The zero-order valence-electron chi connectivity index (χ0n) is 20.3. The van der Waals surface area contributed by atoms with E-state index in [2.05, 4.69) is 10.3 Å². The fraction of sp³-hybridized carbons (Fsp3) is 0.231. The van der Waals surface area contributed by atoms with Gasteiger partial charge in [0.1, 0.15) is 28.1 Å². The number of benzene rings is 2. The van der Waals surface area contributed by atoms with Crippen molar-refractivity contribution >= 4 is 46.1 Å². The first kappa shape index (κ1) is 25.1. The van der Waals surface area contributed by atoms with Crippen LogP contribution in [0.4, 0.5) is 10.1 Å². The number of fused-ring (bicyclic) bond motifs is 1. The van der Waals surface area contributed by atoms with Gasteiger partial charge in [0.2, 0.25) is 0 Å². The molecular formula is C26H25BFN3O5S. The molecule has 0 aliphatic heterocycles. The average molecular weight is 521 g/mol. The van der Waals surface area contributed by atoms with E-state index in [9.17, 15) is 23.4 Å². The van der Waals surface area contributed by atoms with Crippen molar-refractivity contribution in [1.82, 2.24) is 10.3 Å². The molecule has 37 heavy (non-hydrogen) atoms. The van der Waals surface area contributed by atoms with Crippen LogP contribution in [0.15, 0.2) is 59.1 Å². The molecule has 8 nitrogen and oxygen atoms in total. The average Bonchev–Trinajstić information content (AvgIpc) is 3.67. The van der Waals surface area contributed by atoms with Gasteiger partial charge < -0.3 is 19.8 Å². The highest BCUT2D eigenvalue weighted by Crippen LogP contribution is 2.48. The van der Waals surface area contributed by atoms with E-state index in [1.807, 2.05) is 6.07 Å². The second-order valence-electron chi connectivity index (χ2n) is 8.99. The van der Waals surface area contributed by atoms with Crippen molar-refractivity contribution in [1.29, 1.82) is 0 Å². The highest BCUT2D eigenvalue weighted by molar-refractivity contribution is 7.85. The van der Waals surface area contributed by atoms with Gasteiger partial charge in [0.15, 0.2) is 0 Å². The van der Waals surface area contributed by atoms with Crippen molar-refractivity contribution in [2.45, 2.75) is 25.3 Å². The molecule has 1 atom stereocenters. The molecule has 1 aliphatic carbocycles. The Morgan fingerprint density at radius 2 is 1.95 bits per heavy atom. The van der Waals surface area contributed by atoms with Gasteiger partial charge in [0.25, 0.3) is 5.91 Å². The highest BCUT2D eigenvalue weighted by Gasteiger charge is 2.32. The standard InChI is InChI=1S/C26H25BFN3O5S/c1-29-26(32)24-21-11-20(15-3-4-15)22(12-23(21)36-25(24)16-5-8-18(28)9-6-16)31(37(2)35)14-19-10-7-17(13-30-19)27(33)34/h5-13,15,33-34H,3-4,14H2,1-2H3,(H,29,32). The summed E-state index contributed by atoms with van der Waals surface area (Å²) in [6.07, 6.45) is 4.90. The van der Waals surface area contributed by atoms with E-state index < -0.39 is 23.9 Å². The molecule has 1 fully saturated rings. The van der Waals surface area contributed by atoms with Crippen molar-refractivity contribution in [3.63, 3.8) is 0 Å². The Morgan fingerprint density at radius 3 is 2.51 bits per heavy atom. The predicted molar refractivity (Wildman–Crippen MR) is 141 cm³/mol. The first-order valence-corrected chi connectivity index (χ1v) is 13.3. The minimum Gasteiger partial charge on any atom is -0.455 e. The van der Waals surface area contributed by atoms with Crippen LogP contribution in [0.25, 0.3) is 22.3 Å². The number of hydrogen-bond acceptors (Lipinski definition) is 6. The number of rotatable bonds is 8. The van der Waals surface area contributed by atoms with Crippen LogP contribution < -0.4 is 15.1 Å². The topological polar surface area (TPSA) is 116 Å². The summed E-state index contributed by atoms with van der Waals surface area (Å²) in [7, 11) is -1.50. The lowest BCUT2D eigenvalue weighted by Gasteiger charge is -2.24. The van der Waals surface area contributed by atoms with Crippen molar-refractivity contribution in [3.8, 4) is 11.3 Å². The summed E-state index contributed by atoms with van der Waals surface area (Å²) in [6.45, 7) is 0.212. The fourth-order valence-corrected chi connectivity index (χ4v) is 5.13. The number of nitrogens with zero attached hydrogens (tertiary/aromatic N) is 2. The fourth-order valence-electron chi connectivity index (χ4n) is 4.39. The van der Waals surface area contributed by atoms with E-state index >= 15 is 0 Å². The van der Waals surface area contributed by atoms with Crippen molar-refractivity contribution < 1.29 is 27.9 Å². The predicted octanol–water partition coefficient (Wildman–Crippen LogP) is 2.85. The molecule has 11 heteroatoms. The number of furan rings is 1. The molecule has 0 spiro atoms. The number of carbonyl (C=O) groups excluding carboxylic acids is 1. The lowest BCUT2D eigenvalue weighted by molar-refractivity contribution is 0.0964. The molecule has 2 aromatic heterocycles. The first-order chi connectivity index (χ1) is 17.8. The SMILES string of the molecule is CNC(=O)c1c(-c2ccc(F)cc2)oc2cc(N(Cc3ccc(B(O)O)cn3)S(C)=O)c(C3CC3)cc12. The van der Waals surface area contributed by atoms with E-state index in [1.165, 1.54) is 18.3 Å². The monoisotopic (exact) mass is 521 g/mol. The largest absolute Gasteiger partial charge is 0.490 e. The van der Waals surface area contributed by atoms with Gasteiger partial charge in [-0.15, -0.1) is 0 Å². The van der Waals surface area contributed by atoms with Crippen molar-refractivity contribution in [2.24, 2.45) is 0 Å². The van der Waals surface area contributed by atoms with Crippen LogP contribution in [0, 0.1) is 5.82 Å². The van der Waals surface area contributed by atoms with Gasteiger partial charge in [-0.05, 0) is 60.7 Å². The van der Waals surface area contributed by atoms with Crippen LogP contribution in [0.1, 0.15) is 40.4 Å². The van der Waals surface area contributed by atoms with Crippen LogP contribution in [-0.2, 0) is 17.5 Å². The Kier molecular flexibility index (Phi) is 6.85. The molecule has 0 saturated heterocycles. The molecule has 1 amide bonds. The van der Waals surface area contributed by atoms with Gasteiger partial charge in [-0.3, -0.25) is 14.1 Å². The Labute approximate surface area is 215 Å². The van der Waals surface area contributed by atoms with Crippen molar-refractivity contribution in [2.75, 3.05) is 17.6 Å². The number of nitrogens with one attached hydrogen (secondary N) is 1. The molecule has 5 rings (SSSR count). The van der Waals surface area contributed by atoms with E-state index in [1.54, 1.807) is 47.9 Å². The molecule has 2 aromatic carbocycles. The van der Waals surface area contributed by atoms with Gasteiger partial charge in [-0.25, -0.2) is 8.60 Å². The van der Waals surface area contributed by atoms with Gasteiger partial charge in [-0.1, -0.05) is 6.07 Å². The number of pyridine rings is 1. The molecule has 4 aromatic rings. The van der Waals surface area contributed by atoms with Gasteiger partial charge >= 0.3 is 7.12 Å². The van der Waals surface area contributed by atoms with Crippen molar-refractivity contribution in [3.05, 3.63) is 77.4 Å². The Bertz CT molecular complexity index is 1490. The summed E-state index contributed by atoms with van der Waals surface area (Å²) in [6, 6.07) is 12.7. The molecular weight excluding hydrogens is 496 g/mol. The summed E-state index contributed by atoms with van der Waals surface area (Å²) >= 11 is 0. The number of hydrogen-bond donors (Lipinski definition) is 3. The third-order valence-corrected chi connectivity index (χ3v) is 7.39. The number of anilines is 1. The summed E-state index contributed by atoms with van der Waals surface area (Å²) in [5, 5.41) is 22.0. The summed E-state index contributed by atoms with van der Waals surface area (Å²) in [5.41, 5.74) is 3.91. The lowest BCUT2D eigenvalue weighted by Crippen LogP contribution is -2.31. The Morgan fingerprint density at radius 1 is 1.22 bits per heavy atom. The van der Waals surface area contributed by atoms with E-state index in [-0.39, 0.29) is 23.8 Å². The number of amides is 1. The summed E-state index contributed by atoms with van der Waals surface area (Å²) in [4.78, 5) is 17.2.